The van der Waals surface area contributed by atoms with Gasteiger partial charge in [-0.15, -0.1) is 0 Å². The molecule has 0 saturated heterocycles. The lowest BCUT2D eigenvalue weighted by Crippen LogP contribution is -2.04. The van der Waals surface area contributed by atoms with Gasteiger partial charge in [0, 0.05) is 34.2 Å². The van der Waals surface area contributed by atoms with Gasteiger partial charge in [-0.3, -0.25) is 9.78 Å². The molecule has 0 amide bonds. The molecule has 1 N–H and O–H groups in total. The van der Waals surface area contributed by atoms with E-state index in [1.807, 2.05) is 30.5 Å². The summed E-state index contributed by atoms with van der Waals surface area (Å²) in [6.07, 6.45) is 3.89. The van der Waals surface area contributed by atoms with Crippen molar-refractivity contribution < 1.29 is 9.53 Å². The molecule has 0 atom stereocenters. The van der Waals surface area contributed by atoms with Crippen molar-refractivity contribution in [2.45, 2.75) is 6.42 Å². The molecule has 0 radical (unpaired) electrons. The molecular weight excluding hydrogens is 228 g/mol. The maximum absolute atomic E-state index is 11.2. The molecule has 0 aliphatic carbocycles. The number of carbonyl (C=O) groups excluding carboxylic acids is 1. The Labute approximate surface area is 104 Å². The number of methoxy groups -OCH3 is 1. The van der Waals surface area contributed by atoms with E-state index in [-0.39, 0.29) is 5.97 Å². The fourth-order valence-corrected chi connectivity index (χ4v) is 2.14. The standard InChI is InChI=1S/C14H12N2O2/c1-18-14(17)7-9-2-3-10-11-8-15-5-4-12(11)16-13(10)6-9/h2-6,8,16H,7H2,1H3. The Morgan fingerprint density at radius 1 is 1.28 bits per heavy atom. The van der Waals surface area contributed by atoms with Crippen LogP contribution in [0.5, 0.6) is 0 Å². The molecule has 4 nitrogen and oxygen atoms in total. The van der Waals surface area contributed by atoms with Gasteiger partial charge in [-0.1, -0.05) is 12.1 Å². The van der Waals surface area contributed by atoms with Crippen LogP contribution in [0.2, 0.25) is 0 Å². The fourth-order valence-electron chi connectivity index (χ4n) is 2.14. The lowest BCUT2D eigenvalue weighted by Gasteiger charge is -2.00. The van der Waals surface area contributed by atoms with Gasteiger partial charge in [-0.25, -0.2) is 0 Å². The Kier molecular flexibility index (Phi) is 2.48. The normalized spacial score (nSPS) is 10.9. The quantitative estimate of drug-likeness (QED) is 0.700. The number of carbonyl (C=O) groups is 1. The van der Waals surface area contributed by atoms with E-state index in [0.29, 0.717) is 6.42 Å². The Balaban J connectivity index is 2.12. The zero-order chi connectivity index (χ0) is 12.5. The first-order valence-corrected chi connectivity index (χ1v) is 5.69. The summed E-state index contributed by atoms with van der Waals surface area (Å²) in [5, 5.41) is 2.21. The van der Waals surface area contributed by atoms with Crippen LogP contribution < -0.4 is 0 Å². The summed E-state index contributed by atoms with van der Waals surface area (Å²) in [6, 6.07) is 7.87. The molecule has 2 heterocycles. The molecular formula is C14H12N2O2. The third-order valence-corrected chi connectivity index (χ3v) is 3.04. The van der Waals surface area contributed by atoms with Gasteiger partial charge in [0.2, 0.25) is 0 Å². The van der Waals surface area contributed by atoms with Crippen LogP contribution in [0, 0.1) is 0 Å². The number of rotatable bonds is 2. The Morgan fingerprint density at radius 3 is 3.00 bits per heavy atom. The first-order valence-electron chi connectivity index (χ1n) is 5.69. The summed E-state index contributed by atoms with van der Waals surface area (Å²) in [4.78, 5) is 18.7. The second kappa shape index (κ2) is 4.14. The number of ether oxygens (including phenoxy) is 1. The smallest absolute Gasteiger partial charge is 0.309 e. The Hall–Kier alpha value is -2.36. The number of aromatic amines is 1. The largest absolute Gasteiger partial charge is 0.469 e. The molecule has 3 aromatic rings. The predicted octanol–water partition coefficient (Wildman–Crippen LogP) is 2.43. The highest BCUT2D eigenvalue weighted by molar-refractivity contribution is 6.06. The van der Waals surface area contributed by atoms with Crippen LogP contribution in [0.4, 0.5) is 0 Å². The van der Waals surface area contributed by atoms with E-state index >= 15 is 0 Å². The number of esters is 1. The van der Waals surface area contributed by atoms with Crippen molar-refractivity contribution in [3.8, 4) is 0 Å². The fraction of sp³-hybridized carbons (Fsp3) is 0.143. The van der Waals surface area contributed by atoms with Gasteiger partial charge in [-0.2, -0.15) is 0 Å². The van der Waals surface area contributed by atoms with E-state index in [0.717, 1.165) is 27.4 Å². The molecule has 0 spiro atoms. The van der Waals surface area contributed by atoms with Gasteiger partial charge in [0.15, 0.2) is 0 Å². The molecule has 1 aromatic carbocycles. The minimum absolute atomic E-state index is 0.230. The molecule has 0 aliphatic rings. The van der Waals surface area contributed by atoms with Gasteiger partial charge in [-0.05, 0) is 17.7 Å². The SMILES string of the molecule is COC(=O)Cc1ccc2c(c1)[nH]c1ccncc12. The van der Waals surface area contributed by atoms with E-state index in [2.05, 4.69) is 14.7 Å². The highest BCUT2D eigenvalue weighted by Crippen LogP contribution is 2.25. The molecule has 18 heavy (non-hydrogen) atoms. The molecule has 0 saturated carbocycles. The number of aromatic nitrogens is 2. The number of nitrogens with one attached hydrogen (secondary N) is 1. The van der Waals surface area contributed by atoms with E-state index in [1.165, 1.54) is 7.11 Å². The van der Waals surface area contributed by atoms with Crippen molar-refractivity contribution in [1.29, 1.82) is 0 Å². The Bertz CT molecular complexity index is 731. The maximum Gasteiger partial charge on any atom is 0.309 e. The van der Waals surface area contributed by atoms with E-state index in [1.54, 1.807) is 6.20 Å². The van der Waals surface area contributed by atoms with Crippen molar-refractivity contribution >= 4 is 27.8 Å². The first-order chi connectivity index (χ1) is 8.78. The molecule has 0 unspecified atom stereocenters. The number of H-pyrrole nitrogens is 1. The number of fused-ring (bicyclic) bond motifs is 3. The van der Waals surface area contributed by atoms with Gasteiger partial charge >= 0.3 is 5.97 Å². The predicted molar refractivity (Wildman–Crippen MR) is 69.3 cm³/mol. The highest BCUT2D eigenvalue weighted by atomic mass is 16.5. The number of benzene rings is 1. The van der Waals surface area contributed by atoms with Crippen LogP contribution >= 0.6 is 0 Å². The molecule has 0 fully saturated rings. The number of pyridine rings is 1. The van der Waals surface area contributed by atoms with Gasteiger partial charge in [0.25, 0.3) is 0 Å². The summed E-state index contributed by atoms with van der Waals surface area (Å²) < 4.78 is 4.67. The summed E-state index contributed by atoms with van der Waals surface area (Å²) in [5.74, 6) is -0.230. The second-order valence-electron chi connectivity index (χ2n) is 4.18. The number of hydrogen-bond acceptors (Lipinski definition) is 3. The van der Waals surface area contributed by atoms with Crippen molar-refractivity contribution in [2.24, 2.45) is 0 Å². The van der Waals surface area contributed by atoms with Crippen LogP contribution in [-0.4, -0.2) is 23.0 Å². The van der Waals surface area contributed by atoms with Crippen molar-refractivity contribution in [1.82, 2.24) is 9.97 Å². The van der Waals surface area contributed by atoms with Crippen LogP contribution in [0.1, 0.15) is 5.56 Å². The van der Waals surface area contributed by atoms with Crippen LogP contribution in [0.15, 0.2) is 36.7 Å². The number of hydrogen-bond donors (Lipinski definition) is 1. The number of nitrogens with zero attached hydrogens (tertiary/aromatic N) is 1. The third kappa shape index (κ3) is 1.72. The summed E-state index contributed by atoms with van der Waals surface area (Å²) in [6.45, 7) is 0. The summed E-state index contributed by atoms with van der Waals surface area (Å²) in [7, 11) is 1.40. The topological polar surface area (TPSA) is 55.0 Å². The van der Waals surface area contributed by atoms with Crippen LogP contribution in [0.25, 0.3) is 21.8 Å². The van der Waals surface area contributed by atoms with Crippen molar-refractivity contribution in [3.63, 3.8) is 0 Å². The Morgan fingerprint density at radius 2 is 2.17 bits per heavy atom. The molecule has 2 aromatic heterocycles. The monoisotopic (exact) mass is 240 g/mol. The molecule has 3 rings (SSSR count). The van der Waals surface area contributed by atoms with E-state index in [9.17, 15) is 4.79 Å². The third-order valence-electron chi connectivity index (χ3n) is 3.04. The second-order valence-corrected chi connectivity index (χ2v) is 4.18. The van der Waals surface area contributed by atoms with Crippen LogP contribution in [0.3, 0.4) is 0 Å². The summed E-state index contributed by atoms with van der Waals surface area (Å²) in [5.41, 5.74) is 3.00. The van der Waals surface area contributed by atoms with Crippen molar-refractivity contribution in [3.05, 3.63) is 42.2 Å². The van der Waals surface area contributed by atoms with Gasteiger partial charge < -0.3 is 9.72 Å². The minimum atomic E-state index is -0.230. The average Bonchev–Trinajstić information content (AvgIpc) is 2.76. The maximum atomic E-state index is 11.2. The molecule has 0 bridgehead atoms. The van der Waals surface area contributed by atoms with E-state index < -0.39 is 0 Å². The zero-order valence-electron chi connectivity index (χ0n) is 9.93. The van der Waals surface area contributed by atoms with Gasteiger partial charge in [0.05, 0.1) is 13.5 Å². The van der Waals surface area contributed by atoms with E-state index in [4.69, 9.17) is 0 Å². The zero-order valence-corrected chi connectivity index (χ0v) is 9.93. The molecule has 90 valence electrons. The highest BCUT2D eigenvalue weighted by Gasteiger charge is 2.07. The molecule has 4 heteroatoms. The minimum Gasteiger partial charge on any atom is -0.469 e. The average molecular weight is 240 g/mol. The summed E-state index contributed by atoms with van der Waals surface area (Å²) >= 11 is 0. The van der Waals surface area contributed by atoms with Gasteiger partial charge in [0.1, 0.15) is 0 Å². The van der Waals surface area contributed by atoms with Crippen LogP contribution in [-0.2, 0) is 16.0 Å². The van der Waals surface area contributed by atoms with Crippen molar-refractivity contribution in [2.75, 3.05) is 7.11 Å². The lowest BCUT2D eigenvalue weighted by molar-refractivity contribution is -0.139. The molecule has 0 aliphatic heterocycles. The lowest BCUT2D eigenvalue weighted by atomic mass is 10.1. The first kappa shape index (κ1) is 10.8.